The third-order valence-corrected chi connectivity index (χ3v) is 4.20. The summed E-state index contributed by atoms with van der Waals surface area (Å²) < 4.78 is 0. The number of carbonyl (C=O) groups excluding carboxylic acids is 1. The van der Waals surface area contributed by atoms with Crippen molar-refractivity contribution >= 4 is 5.91 Å². The zero-order chi connectivity index (χ0) is 13.8. The van der Waals surface area contributed by atoms with E-state index in [1.165, 1.54) is 64.2 Å². The predicted molar refractivity (Wildman–Crippen MR) is 81.0 cm³/mol. The first kappa shape index (κ1) is 16.5. The van der Waals surface area contributed by atoms with Crippen LogP contribution in [0.4, 0.5) is 0 Å². The Kier molecular flexibility index (Phi) is 9.78. The van der Waals surface area contributed by atoms with Gasteiger partial charge < -0.3 is 11.1 Å². The number of primary amides is 1. The summed E-state index contributed by atoms with van der Waals surface area (Å²) in [7, 11) is 0. The monoisotopic (exact) mass is 268 g/mol. The third-order valence-electron chi connectivity index (χ3n) is 4.20. The summed E-state index contributed by atoms with van der Waals surface area (Å²) in [5, 5.41) is 3.40. The van der Waals surface area contributed by atoms with Crippen molar-refractivity contribution < 1.29 is 4.79 Å². The van der Waals surface area contributed by atoms with Gasteiger partial charge in [-0.15, -0.1) is 0 Å². The average Bonchev–Trinajstić information content (AvgIpc) is 2.38. The first-order chi connectivity index (χ1) is 9.30. The summed E-state index contributed by atoms with van der Waals surface area (Å²) in [5.74, 6) is -0.0958. The molecule has 1 aliphatic rings. The van der Waals surface area contributed by atoms with Crippen molar-refractivity contribution in [3.05, 3.63) is 0 Å². The van der Waals surface area contributed by atoms with Gasteiger partial charge >= 0.3 is 0 Å². The van der Waals surface area contributed by atoms with Crippen molar-refractivity contribution in [1.82, 2.24) is 5.32 Å². The Labute approximate surface area is 118 Å². The Hall–Kier alpha value is -0.570. The summed E-state index contributed by atoms with van der Waals surface area (Å²) in [4.78, 5) is 11.4. The lowest BCUT2D eigenvalue weighted by atomic mass is 9.98. The molecule has 1 aliphatic heterocycles. The molecule has 1 atom stereocenters. The number of rotatable bonds is 1. The largest absolute Gasteiger partial charge is 0.369 e. The molecular formula is C16H32N2O. The standard InChI is InChI=1S/C16H32N2O/c17-16(19)15-12-10-8-6-4-2-1-3-5-7-9-11-13-18-14-15/h15,18H,1-14H2,(H2,17,19). The molecule has 1 unspecified atom stereocenters. The van der Waals surface area contributed by atoms with Crippen LogP contribution in [0.15, 0.2) is 0 Å². The highest BCUT2D eigenvalue weighted by Crippen LogP contribution is 2.14. The topological polar surface area (TPSA) is 55.1 Å². The van der Waals surface area contributed by atoms with E-state index < -0.39 is 0 Å². The number of nitrogens with two attached hydrogens (primary N) is 1. The first-order valence-electron chi connectivity index (χ1n) is 8.31. The molecule has 3 heteroatoms. The van der Waals surface area contributed by atoms with Crippen LogP contribution in [0, 0.1) is 5.92 Å². The maximum atomic E-state index is 11.4. The zero-order valence-electron chi connectivity index (χ0n) is 12.5. The molecule has 1 fully saturated rings. The molecule has 0 aromatic heterocycles. The van der Waals surface area contributed by atoms with Crippen LogP contribution in [0.3, 0.4) is 0 Å². The summed E-state index contributed by atoms with van der Waals surface area (Å²) >= 11 is 0. The minimum atomic E-state index is -0.131. The fraction of sp³-hybridized carbons (Fsp3) is 0.938. The van der Waals surface area contributed by atoms with Crippen LogP contribution in [0.5, 0.6) is 0 Å². The number of amides is 1. The second-order valence-electron chi connectivity index (χ2n) is 5.98. The highest BCUT2D eigenvalue weighted by atomic mass is 16.1. The van der Waals surface area contributed by atoms with Crippen LogP contribution in [0.2, 0.25) is 0 Å². The maximum Gasteiger partial charge on any atom is 0.221 e. The van der Waals surface area contributed by atoms with E-state index >= 15 is 0 Å². The molecule has 0 saturated carbocycles. The normalized spacial score (nSPS) is 25.8. The molecule has 0 bridgehead atoms. The van der Waals surface area contributed by atoms with E-state index in [1.54, 1.807) is 0 Å². The first-order valence-corrected chi connectivity index (χ1v) is 8.31. The Morgan fingerprint density at radius 1 is 0.789 bits per heavy atom. The van der Waals surface area contributed by atoms with Gasteiger partial charge in [-0.2, -0.15) is 0 Å². The molecule has 0 aliphatic carbocycles. The molecule has 1 rings (SSSR count). The molecule has 0 spiro atoms. The van der Waals surface area contributed by atoms with Crippen molar-refractivity contribution in [3.8, 4) is 0 Å². The molecule has 1 heterocycles. The molecule has 112 valence electrons. The van der Waals surface area contributed by atoms with Gasteiger partial charge in [0.15, 0.2) is 0 Å². The number of hydrogen-bond donors (Lipinski definition) is 2. The second kappa shape index (κ2) is 11.3. The lowest BCUT2D eigenvalue weighted by Crippen LogP contribution is -2.33. The molecule has 0 aromatic carbocycles. The smallest absolute Gasteiger partial charge is 0.221 e. The fourth-order valence-corrected chi connectivity index (χ4v) is 2.85. The molecule has 3 N–H and O–H groups in total. The lowest BCUT2D eigenvalue weighted by molar-refractivity contribution is -0.121. The number of carbonyl (C=O) groups is 1. The Balaban J connectivity index is 2.25. The van der Waals surface area contributed by atoms with Crippen LogP contribution >= 0.6 is 0 Å². The Morgan fingerprint density at radius 3 is 1.79 bits per heavy atom. The van der Waals surface area contributed by atoms with E-state index in [0.29, 0.717) is 0 Å². The molecule has 1 amide bonds. The molecule has 0 radical (unpaired) electrons. The summed E-state index contributed by atoms with van der Waals surface area (Å²) in [6.45, 7) is 1.80. The van der Waals surface area contributed by atoms with Crippen LogP contribution < -0.4 is 11.1 Å². The van der Waals surface area contributed by atoms with Gasteiger partial charge in [-0.05, 0) is 19.4 Å². The van der Waals surface area contributed by atoms with Crippen LogP contribution in [0.1, 0.15) is 77.0 Å². The van der Waals surface area contributed by atoms with Crippen molar-refractivity contribution in [1.29, 1.82) is 0 Å². The van der Waals surface area contributed by atoms with E-state index in [0.717, 1.165) is 25.9 Å². The minimum absolute atomic E-state index is 0.0351. The van der Waals surface area contributed by atoms with E-state index in [4.69, 9.17) is 5.73 Å². The highest BCUT2D eigenvalue weighted by Gasteiger charge is 2.14. The van der Waals surface area contributed by atoms with Gasteiger partial charge in [-0.3, -0.25) is 4.79 Å². The SMILES string of the molecule is NC(=O)C1CCCCCCCCCCCCCNC1. The predicted octanol–water partition coefficient (Wildman–Crippen LogP) is 3.37. The van der Waals surface area contributed by atoms with Crippen LogP contribution in [0.25, 0.3) is 0 Å². The van der Waals surface area contributed by atoms with Gasteiger partial charge in [-0.1, -0.05) is 64.2 Å². The maximum absolute atomic E-state index is 11.4. The van der Waals surface area contributed by atoms with Gasteiger partial charge in [0.1, 0.15) is 0 Å². The van der Waals surface area contributed by atoms with Crippen LogP contribution in [-0.4, -0.2) is 19.0 Å². The van der Waals surface area contributed by atoms with Gasteiger partial charge in [0.25, 0.3) is 0 Å². The van der Waals surface area contributed by atoms with E-state index in [1.807, 2.05) is 0 Å². The molecule has 19 heavy (non-hydrogen) atoms. The highest BCUT2D eigenvalue weighted by molar-refractivity contribution is 5.76. The molecule has 0 aromatic rings. The van der Waals surface area contributed by atoms with Gasteiger partial charge in [0.05, 0.1) is 5.92 Å². The van der Waals surface area contributed by atoms with E-state index in [2.05, 4.69) is 5.32 Å². The van der Waals surface area contributed by atoms with E-state index in [-0.39, 0.29) is 11.8 Å². The van der Waals surface area contributed by atoms with E-state index in [9.17, 15) is 4.79 Å². The van der Waals surface area contributed by atoms with Crippen LogP contribution in [-0.2, 0) is 4.79 Å². The minimum Gasteiger partial charge on any atom is -0.369 e. The Morgan fingerprint density at radius 2 is 1.26 bits per heavy atom. The fourth-order valence-electron chi connectivity index (χ4n) is 2.85. The lowest BCUT2D eigenvalue weighted by Gasteiger charge is -2.14. The average molecular weight is 268 g/mol. The molecule has 1 saturated heterocycles. The van der Waals surface area contributed by atoms with Gasteiger partial charge in [0, 0.05) is 6.54 Å². The molecular weight excluding hydrogens is 236 g/mol. The number of nitrogens with one attached hydrogen (secondary N) is 1. The third kappa shape index (κ3) is 9.04. The Bertz CT molecular complexity index is 215. The van der Waals surface area contributed by atoms with Crippen molar-refractivity contribution in [2.45, 2.75) is 77.0 Å². The second-order valence-corrected chi connectivity index (χ2v) is 5.98. The van der Waals surface area contributed by atoms with Crippen molar-refractivity contribution in [2.75, 3.05) is 13.1 Å². The van der Waals surface area contributed by atoms with Crippen molar-refractivity contribution in [2.24, 2.45) is 11.7 Å². The van der Waals surface area contributed by atoms with Crippen molar-refractivity contribution in [3.63, 3.8) is 0 Å². The summed E-state index contributed by atoms with van der Waals surface area (Å²) in [5.41, 5.74) is 5.47. The summed E-state index contributed by atoms with van der Waals surface area (Å²) in [6.07, 6.45) is 15.5. The summed E-state index contributed by atoms with van der Waals surface area (Å²) in [6, 6.07) is 0. The van der Waals surface area contributed by atoms with Gasteiger partial charge in [0.2, 0.25) is 5.91 Å². The van der Waals surface area contributed by atoms with Gasteiger partial charge in [-0.25, -0.2) is 0 Å². The number of hydrogen-bond acceptors (Lipinski definition) is 2. The quantitative estimate of drug-likeness (QED) is 0.766. The molecule has 3 nitrogen and oxygen atoms in total. The zero-order valence-corrected chi connectivity index (χ0v) is 12.5.